The van der Waals surface area contributed by atoms with Gasteiger partial charge in [0.25, 0.3) is 0 Å². The fourth-order valence-corrected chi connectivity index (χ4v) is 15.1. The second kappa shape index (κ2) is 18.8. The maximum absolute atomic E-state index is 10.2. The van der Waals surface area contributed by atoms with Crippen LogP contribution in [0.4, 0.5) is 11.4 Å². The van der Waals surface area contributed by atoms with Crippen LogP contribution in [0.1, 0.15) is 61.2 Å². The molecule has 0 saturated carbocycles. The normalized spacial score (nSPS) is 14.3. The molecule has 1 spiro atoms. The van der Waals surface area contributed by atoms with Gasteiger partial charge in [-0.3, -0.25) is 5.41 Å². The van der Waals surface area contributed by atoms with Gasteiger partial charge < -0.3 is 9.47 Å². The van der Waals surface area contributed by atoms with Gasteiger partial charge in [0.1, 0.15) is 11.4 Å². The minimum atomic E-state index is -0.474. The van der Waals surface area contributed by atoms with Crippen LogP contribution in [-0.2, 0) is 5.41 Å². The molecule has 0 saturated heterocycles. The van der Waals surface area contributed by atoms with Crippen LogP contribution >= 0.6 is 12.8 Å². The molecule has 12 aromatic rings. The third kappa shape index (κ3) is 7.19. The van der Waals surface area contributed by atoms with Gasteiger partial charge in [0.2, 0.25) is 0 Å². The molecule has 4 nitrogen and oxygen atoms in total. The smallest absolute Gasteiger partial charge is 0.106 e. The van der Waals surface area contributed by atoms with Gasteiger partial charge in [-0.2, -0.15) is 0 Å². The van der Waals surface area contributed by atoms with Crippen molar-refractivity contribution in [3.05, 3.63) is 297 Å². The highest BCUT2D eigenvalue weighted by molar-refractivity contribution is 7.79. The molecule has 11 aromatic carbocycles. The molecule has 0 aliphatic heterocycles. The molecular formula is C77H58N4S. The van der Waals surface area contributed by atoms with E-state index in [1.807, 2.05) is 0 Å². The summed E-state index contributed by atoms with van der Waals surface area (Å²) in [5.41, 5.74) is 30.8. The second-order valence-electron chi connectivity index (χ2n) is 22.8. The Hall–Kier alpha value is -9.55. The predicted molar refractivity (Wildman–Crippen MR) is 349 cm³/mol. The number of allylic oxidation sites excluding steroid dienone is 4. The highest BCUT2D eigenvalue weighted by Crippen LogP contribution is 2.64. The van der Waals surface area contributed by atoms with Gasteiger partial charge in [0, 0.05) is 38.7 Å². The zero-order valence-corrected chi connectivity index (χ0v) is 47.6. The molecule has 1 N–H and O–H groups in total. The zero-order chi connectivity index (χ0) is 55.7. The van der Waals surface area contributed by atoms with E-state index in [1.54, 1.807) is 0 Å². The number of aromatic nitrogens is 1. The summed E-state index contributed by atoms with van der Waals surface area (Å²) in [6, 6.07) is 80.8. The maximum atomic E-state index is 10.2. The fraction of sp³-hybridized carbons (Fsp3) is 0.0909. The van der Waals surface area contributed by atoms with Crippen LogP contribution in [0, 0.1) is 47.0 Å². The van der Waals surface area contributed by atoms with Gasteiger partial charge >= 0.3 is 0 Å². The lowest BCUT2D eigenvalue weighted by atomic mass is 9.70. The lowest BCUT2D eigenvalue weighted by molar-refractivity contribution is 0.793. The SMILES string of the molecule is Cc1cc(C)c(-c2ccc(N(C3=CC=C(c4ccc5c(c4)c4ccc6ccccc6c4n5-c4cccc5c4-c4ccccc4C54c5ccccc5-c5ccccc54)C(=NS)C3=N)c3ccc(-c4c(C)cc(C)cc4C)cc3)cc2)c(C)c1. The van der Waals surface area contributed by atoms with Gasteiger partial charge in [-0.1, -0.05) is 187 Å². The number of benzene rings is 11. The van der Waals surface area contributed by atoms with E-state index in [0.717, 1.165) is 61.1 Å². The average Bonchev–Trinajstić information content (AvgIpc) is 1.61. The van der Waals surface area contributed by atoms with E-state index in [1.165, 1.54) is 99.8 Å². The van der Waals surface area contributed by atoms with E-state index in [9.17, 15) is 5.41 Å². The molecule has 0 atom stereocenters. The quantitative estimate of drug-likeness (QED) is 0.121. The molecule has 82 heavy (non-hydrogen) atoms. The van der Waals surface area contributed by atoms with Crippen LogP contribution in [0.3, 0.4) is 0 Å². The molecule has 5 heteroatoms. The van der Waals surface area contributed by atoms with Crippen molar-refractivity contribution in [2.75, 3.05) is 4.90 Å². The summed E-state index contributed by atoms with van der Waals surface area (Å²) in [4.78, 5) is 2.19. The molecule has 392 valence electrons. The molecule has 0 unspecified atom stereocenters. The summed E-state index contributed by atoms with van der Waals surface area (Å²) >= 11 is 4.69. The Morgan fingerprint density at radius 1 is 0.439 bits per heavy atom. The highest BCUT2D eigenvalue weighted by Gasteiger charge is 2.52. The highest BCUT2D eigenvalue weighted by atomic mass is 32.1. The first kappa shape index (κ1) is 49.5. The fourth-order valence-electron chi connectivity index (χ4n) is 14.9. The molecule has 15 rings (SSSR count). The Balaban J connectivity index is 0.900. The van der Waals surface area contributed by atoms with Crippen molar-refractivity contribution >= 4 is 73.8 Å². The van der Waals surface area contributed by atoms with Crippen LogP contribution < -0.4 is 4.90 Å². The Bertz CT molecular complexity index is 4640. The summed E-state index contributed by atoms with van der Waals surface area (Å²) in [6.07, 6.45) is 4.22. The minimum absolute atomic E-state index is 0.284. The Kier molecular flexibility index (Phi) is 11.3. The number of hydrogen-bond donors (Lipinski definition) is 2. The van der Waals surface area contributed by atoms with Crippen molar-refractivity contribution in [3.63, 3.8) is 0 Å². The number of fused-ring (bicyclic) bond motifs is 15. The van der Waals surface area contributed by atoms with E-state index in [-0.39, 0.29) is 5.71 Å². The monoisotopic (exact) mass is 1070 g/mol. The first-order valence-electron chi connectivity index (χ1n) is 28.3. The molecule has 0 amide bonds. The van der Waals surface area contributed by atoms with E-state index in [0.29, 0.717) is 11.4 Å². The topological polar surface area (TPSA) is 44.4 Å². The summed E-state index contributed by atoms with van der Waals surface area (Å²) in [5, 5.41) is 14.8. The molecule has 1 heterocycles. The number of thiol groups is 1. The molecule has 3 aliphatic carbocycles. The van der Waals surface area contributed by atoms with Crippen LogP contribution in [0.2, 0.25) is 0 Å². The van der Waals surface area contributed by atoms with Crippen molar-refractivity contribution < 1.29 is 0 Å². The standard InChI is InChI=1S/C77H58N4S/c1-45-40-47(3)71(48(4)41-45)52-26-32-55(33-27-52)80(56-34-28-53(29-35-56)72-49(5)42-46(2)43-50(72)6)70-39-37-57(75(79-82)74(70)78)54-31-38-68-63(44-54)61-36-30-51-16-7-8-17-58(51)76(61)81(68)69-25-15-24-67-73(69)62-20-11-14-23-66(62)77(67)64-21-12-9-18-59(64)60-19-10-13-22-65(60)77/h7-44,78,82H,1-6H3. The van der Waals surface area contributed by atoms with Crippen molar-refractivity contribution in [3.8, 4) is 50.2 Å². The second-order valence-corrected chi connectivity index (χ2v) is 23.0. The maximum Gasteiger partial charge on any atom is 0.106 e. The Labute approximate surface area is 484 Å². The van der Waals surface area contributed by atoms with Crippen molar-refractivity contribution in [2.45, 2.75) is 47.0 Å². The molecule has 0 fully saturated rings. The summed E-state index contributed by atoms with van der Waals surface area (Å²) in [6.45, 7) is 13.1. The number of hydrogen-bond acceptors (Lipinski definition) is 4. The lowest BCUT2D eigenvalue weighted by Crippen LogP contribution is -2.30. The van der Waals surface area contributed by atoms with Gasteiger partial charge in [0.05, 0.1) is 27.8 Å². The van der Waals surface area contributed by atoms with Gasteiger partial charge in [0.15, 0.2) is 0 Å². The molecule has 0 radical (unpaired) electrons. The van der Waals surface area contributed by atoms with Crippen LogP contribution in [-0.4, -0.2) is 16.0 Å². The van der Waals surface area contributed by atoms with E-state index in [2.05, 4.69) is 299 Å². The summed E-state index contributed by atoms with van der Waals surface area (Å²) < 4.78 is 7.20. The van der Waals surface area contributed by atoms with Crippen molar-refractivity contribution in [1.82, 2.24) is 4.57 Å². The van der Waals surface area contributed by atoms with Gasteiger partial charge in [-0.15, -0.1) is 0 Å². The molecule has 1 aromatic heterocycles. The average molecular weight is 1070 g/mol. The number of nitrogens with one attached hydrogen (secondary N) is 1. The van der Waals surface area contributed by atoms with Crippen LogP contribution in [0.25, 0.3) is 88.3 Å². The number of anilines is 2. The summed E-state index contributed by atoms with van der Waals surface area (Å²) in [5.74, 6) is 0. The molecule has 3 aliphatic rings. The van der Waals surface area contributed by atoms with Crippen molar-refractivity contribution in [2.24, 2.45) is 4.40 Å². The third-order valence-corrected chi connectivity index (χ3v) is 18.1. The van der Waals surface area contributed by atoms with Crippen molar-refractivity contribution in [1.29, 1.82) is 5.41 Å². The van der Waals surface area contributed by atoms with E-state index < -0.39 is 5.41 Å². The molecular weight excluding hydrogens is 1010 g/mol. The first-order chi connectivity index (χ1) is 40.0. The number of aryl methyl sites for hydroxylation is 6. The first-order valence-corrected chi connectivity index (χ1v) is 28.7. The van der Waals surface area contributed by atoms with E-state index in [4.69, 9.17) is 0 Å². The summed E-state index contributed by atoms with van der Waals surface area (Å²) in [7, 11) is 0. The van der Waals surface area contributed by atoms with Gasteiger partial charge in [-0.05, 0) is 203 Å². The Morgan fingerprint density at radius 3 is 1.54 bits per heavy atom. The predicted octanol–water partition coefficient (Wildman–Crippen LogP) is 19.9. The van der Waals surface area contributed by atoms with Crippen LogP contribution in [0.15, 0.2) is 241 Å². The molecule has 0 bridgehead atoms. The number of nitrogens with zero attached hydrogens (tertiary/aromatic N) is 3. The van der Waals surface area contributed by atoms with E-state index >= 15 is 0 Å². The zero-order valence-electron chi connectivity index (χ0n) is 46.7. The largest absolute Gasteiger partial charge is 0.308 e. The van der Waals surface area contributed by atoms with Gasteiger partial charge in [-0.25, -0.2) is 4.40 Å². The third-order valence-electron chi connectivity index (χ3n) is 17.9. The lowest BCUT2D eigenvalue weighted by Gasteiger charge is -2.31. The minimum Gasteiger partial charge on any atom is -0.308 e. The van der Waals surface area contributed by atoms with Crippen LogP contribution in [0.5, 0.6) is 0 Å². The number of rotatable bonds is 7. The Morgan fingerprint density at radius 2 is 0.951 bits per heavy atom.